The van der Waals surface area contributed by atoms with E-state index in [1.165, 1.54) is 24.4 Å². The zero-order valence-electron chi connectivity index (χ0n) is 10.1. The smallest absolute Gasteiger partial charge is 0.262 e. The number of nitrogens with two attached hydrogens (primary N) is 1. The highest BCUT2D eigenvalue weighted by Crippen LogP contribution is 2.21. The van der Waals surface area contributed by atoms with Crippen molar-refractivity contribution in [3.63, 3.8) is 0 Å². The predicted octanol–water partition coefficient (Wildman–Crippen LogP) is 2.43. The largest absolute Gasteiger partial charge is 0.399 e. The number of hydrogen-bond donors (Lipinski definition) is 2. The molecule has 1 aromatic carbocycles. The van der Waals surface area contributed by atoms with E-state index in [2.05, 4.69) is 9.71 Å². The average Bonchev–Trinajstić information content (AvgIpc) is 2.27. The van der Waals surface area contributed by atoms with E-state index in [4.69, 9.17) is 17.3 Å². The van der Waals surface area contributed by atoms with Crippen molar-refractivity contribution < 1.29 is 8.42 Å². The van der Waals surface area contributed by atoms with Crippen molar-refractivity contribution in [3.8, 4) is 0 Å². The van der Waals surface area contributed by atoms with Crippen LogP contribution in [0.25, 0.3) is 0 Å². The summed E-state index contributed by atoms with van der Waals surface area (Å²) in [6.45, 7) is 1.68. The summed E-state index contributed by atoms with van der Waals surface area (Å²) in [5, 5.41) is 0.217. The van der Waals surface area contributed by atoms with Crippen molar-refractivity contribution in [1.29, 1.82) is 0 Å². The van der Waals surface area contributed by atoms with Crippen LogP contribution in [0.4, 0.5) is 11.4 Å². The SMILES string of the molecule is Cc1cc(N)ccc1S(=O)(=O)Nc1ccnc(Cl)c1. The van der Waals surface area contributed by atoms with Gasteiger partial charge < -0.3 is 5.73 Å². The second kappa shape index (κ2) is 5.07. The van der Waals surface area contributed by atoms with Gasteiger partial charge in [0.15, 0.2) is 0 Å². The molecule has 0 aliphatic carbocycles. The maximum Gasteiger partial charge on any atom is 0.262 e. The van der Waals surface area contributed by atoms with Crippen LogP contribution in [0.3, 0.4) is 0 Å². The van der Waals surface area contributed by atoms with Gasteiger partial charge >= 0.3 is 0 Å². The summed E-state index contributed by atoms with van der Waals surface area (Å²) in [5.41, 5.74) is 7.05. The van der Waals surface area contributed by atoms with Crippen LogP contribution >= 0.6 is 11.6 Å². The molecule has 0 unspecified atom stereocenters. The summed E-state index contributed by atoms with van der Waals surface area (Å²) in [4.78, 5) is 3.96. The number of nitrogens with zero attached hydrogens (tertiary/aromatic N) is 1. The van der Waals surface area contributed by atoms with Gasteiger partial charge in [-0.15, -0.1) is 0 Å². The van der Waals surface area contributed by atoms with Gasteiger partial charge in [-0.1, -0.05) is 11.6 Å². The van der Waals surface area contributed by atoms with E-state index in [1.807, 2.05) is 0 Å². The number of sulfonamides is 1. The molecule has 0 spiro atoms. The lowest BCUT2D eigenvalue weighted by Crippen LogP contribution is -2.14. The topological polar surface area (TPSA) is 85.1 Å². The Kier molecular flexibility index (Phi) is 3.64. The number of aryl methyl sites for hydroxylation is 1. The Hall–Kier alpha value is -1.79. The minimum absolute atomic E-state index is 0.176. The number of pyridine rings is 1. The highest BCUT2D eigenvalue weighted by Gasteiger charge is 2.17. The summed E-state index contributed by atoms with van der Waals surface area (Å²) in [6, 6.07) is 7.58. The van der Waals surface area contributed by atoms with Crippen molar-refractivity contribution in [2.45, 2.75) is 11.8 Å². The van der Waals surface area contributed by atoms with E-state index in [9.17, 15) is 8.42 Å². The fourth-order valence-corrected chi connectivity index (χ4v) is 3.10. The molecule has 100 valence electrons. The molecule has 0 atom stereocenters. The highest BCUT2D eigenvalue weighted by atomic mass is 35.5. The van der Waals surface area contributed by atoms with Crippen molar-refractivity contribution in [3.05, 3.63) is 47.2 Å². The molecule has 1 heterocycles. The Labute approximate surface area is 116 Å². The molecule has 19 heavy (non-hydrogen) atoms. The van der Waals surface area contributed by atoms with Gasteiger partial charge in [0, 0.05) is 11.9 Å². The molecular weight excluding hydrogens is 286 g/mol. The number of anilines is 2. The van der Waals surface area contributed by atoms with Crippen LogP contribution in [0.15, 0.2) is 41.4 Å². The summed E-state index contributed by atoms with van der Waals surface area (Å²) in [7, 11) is -3.67. The van der Waals surface area contributed by atoms with Crippen molar-refractivity contribution >= 4 is 33.0 Å². The van der Waals surface area contributed by atoms with Crippen LogP contribution in [-0.4, -0.2) is 13.4 Å². The third-order valence-electron chi connectivity index (χ3n) is 2.47. The quantitative estimate of drug-likeness (QED) is 0.673. The Morgan fingerprint density at radius 3 is 2.63 bits per heavy atom. The second-order valence-electron chi connectivity index (χ2n) is 4.00. The molecular formula is C12H12ClN3O2S. The Bertz CT molecular complexity index is 717. The molecule has 0 amide bonds. The molecule has 7 heteroatoms. The molecule has 0 aliphatic rings. The molecule has 5 nitrogen and oxygen atoms in total. The Morgan fingerprint density at radius 2 is 2.00 bits per heavy atom. The summed E-state index contributed by atoms with van der Waals surface area (Å²) in [5.74, 6) is 0. The third kappa shape index (κ3) is 3.15. The summed E-state index contributed by atoms with van der Waals surface area (Å²) >= 11 is 5.71. The molecule has 0 fully saturated rings. The Morgan fingerprint density at radius 1 is 1.26 bits per heavy atom. The van der Waals surface area contributed by atoms with E-state index in [1.54, 1.807) is 19.1 Å². The van der Waals surface area contributed by atoms with Gasteiger partial charge in [-0.2, -0.15) is 0 Å². The van der Waals surface area contributed by atoms with E-state index in [0.717, 1.165) is 0 Å². The first-order valence-corrected chi connectivity index (χ1v) is 7.25. The maximum absolute atomic E-state index is 12.2. The molecule has 0 aliphatic heterocycles. The lowest BCUT2D eigenvalue weighted by atomic mass is 10.2. The number of nitrogens with one attached hydrogen (secondary N) is 1. The molecule has 3 N–H and O–H groups in total. The van der Waals surface area contributed by atoms with Crippen LogP contribution in [0.2, 0.25) is 5.15 Å². The maximum atomic E-state index is 12.2. The van der Waals surface area contributed by atoms with E-state index in [0.29, 0.717) is 16.9 Å². The third-order valence-corrected chi connectivity index (χ3v) is 4.22. The standard InChI is InChI=1S/C12H12ClN3O2S/c1-8-6-9(14)2-3-11(8)19(17,18)16-10-4-5-15-12(13)7-10/h2-7H,14H2,1H3,(H,15,16). The minimum Gasteiger partial charge on any atom is -0.399 e. The molecule has 2 aromatic rings. The van der Waals surface area contributed by atoms with Crippen LogP contribution in [-0.2, 0) is 10.0 Å². The molecule has 1 aromatic heterocycles. The molecule has 0 radical (unpaired) electrons. The molecule has 0 saturated heterocycles. The number of benzene rings is 1. The van der Waals surface area contributed by atoms with E-state index in [-0.39, 0.29) is 10.0 Å². The van der Waals surface area contributed by atoms with Crippen LogP contribution in [0, 0.1) is 6.92 Å². The van der Waals surface area contributed by atoms with Gasteiger partial charge in [0.1, 0.15) is 5.15 Å². The summed E-state index contributed by atoms with van der Waals surface area (Å²) < 4.78 is 26.9. The zero-order chi connectivity index (χ0) is 14.0. The minimum atomic E-state index is -3.67. The van der Waals surface area contributed by atoms with E-state index >= 15 is 0 Å². The van der Waals surface area contributed by atoms with Gasteiger partial charge in [-0.3, -0.25) is 4.72 Å². The monoisotopic (exact) mass is 297 g/mol. The van der Waals surface area contributed by atoms with Crippen LogP contribution in [0.5, 0.6) is 0 Å². The van der Waals surface area contributed by atoms with Gasteiger partial charge in [0.2, 0.25) is 0 Å². The first kappa shape index (κ1) is 13.6. The van der Waals surface area contributed by atoms with Gasteiger partial charge in [-0.25, -0.2) is 13.4 Å². The van der Waals surface area contributed by atoms with Crippen LogP contribution < -0.4 is 10.5 Å². The summed E-state index contributed by atoms with van der Waals surface area (Å²) in [6.07, 6.45) is 1.43. The fraction of sp³-hybridized carbons (Fsp3) is 0.0833. The number of nitrogen functional groups attached to an aromatic ring is 1. The van der Waals surface area contributed by atoms with E-state index < -0.39 is 10.0 Å². The number of hydrogen-bond acceptors (Lipinski definition) is 4. The molecule has 0 saturated carbocycles. The van der Waals surface area contributed by atoms with Gasteiger partial charge in [0.25, 0.3) is 10.0 Å². The number of halogens is 1. The fourth-order valence-electron chi connectivity index (χ4n) is 1.65. The lowest BCUT2D eigenvalue weighted by Gasteiger charge is -2.10. The first-order chi connectivity index (χ1) is 8.88. The number of rotatable bonds is 3. The predicted molar refractivity (Wildman–Crippen MR) is 75.6 cm³/mol. The van der Waals surface area contributed by atoms with Crippen molar-refractivity contribution in [1.82, 2.24) is 4.98 Å². The first-order valence-electron chi connectivity index (χ1n) is 5.39. The zero-order valence-corrected chi connectivity index (χ0v) is 11.7. The Balaban J connectivity index is 2.38. The highest BCUT2D eigenvalue weighted by molar-refractivity contribution is 7.92. The normalized spacial score (nSPS) is 11.3. The molecule has 0 bridgehead atoms. The van der Waals surface area contributed by atoms with Gasteiger partial charge in [-0.05, 0) is 42.8 Å². The van der Waals surface area contributed by atoms with Crippen molar-refractivity contribution in [2.24, 2.45) is 0 Å². The van der Waals surface area contributed by atoms with Crippen LogP contribution in [0.1, 0.15) is 5.56 Å². The number of aromatic nitrogens is 1. The van der Waals surface area contributed by atoms with Gasteiger partial charge in [0.05, 0.1) is 10.6 Å². The van der Waals surface area contributed by atoms with Crippen molar-refractivity contribution in [2.75, 3.05) is 10.5 Å². The average molecular weight is 298 g/mol. The molecule has 2 rings (SSSR count). The lowest BCUT2D eigenvalue weighted by molar-refractivity contribution is 0.600. The second-order valence-corrected chi connectivity index (χ2v) is 6.04.